The van der Waals surface area contributed by atoms with Gasteiger partial charge in [-0.25, -0.2) is 8.78 Å². The normalized spacial score (nSPS) is 12.2. The molecule has 0 unspecified atom stereocenters. The summed E-state index contributed by atoms with van der Waals surface area (Å²) in [6.45, 7) is 0.739. The second-order valence-electron chi connectivity index (χ2n) is 3.95. The third kappa shape index (κ3) is 3.31. The zero-order chi connectivity index (χ0) is 14.6. The highest BCUT2D eigenvalue weighted by atomic mass is 19.3. The van der Waals surface area contributed by atoms with Gasteiger partial charge in [-0.1, -0.05) is 5.16 Å². The Bertz CT molecular complexity index is 461. The lowest BCUT2D eigenvalue weighted by molar-refractivity contribution is 0.152. The summed E-state index contributed by atoms with van der Waals surface area (Å²) in [6, 6.07) is 0. The molecule has 1 rings (SSSR count). The van der Waals surface area contributed by atoms with Gasteiger partial charge in [0.1, 0.15) is 5.82 Å². The number of halogens is 2. The number of hydrogen-bond acceptors (Lipinski definition) is 5. The minimum atomic E-state index is -2.58. The van der Waals surface area contributed by atoms with Crippen LogP contribution in [0.1, 0.15) is 11.3 Å². The van der Waals surface area contributed by atoms with Crippen molar-refractivity contribution in [2.75, 3.05) is 24.6 Å². The summed E-state index contributed by atoms with van der Waals surface area (Å²) in [7, 11) is 1.56. The number of hydrogen-bond donors (Lipinski definition) is 3. The van der Waals surface area contributed by atoms with Gasteiger partial charge < -0.3 is 20.9 Å². The van der Waals surface area contributed by atoms with E-state index in [4.69, 9.17) is 16.0 Å². The maximum Gasteiger partial charge on any atom is 0.255 e. The highest BCUT2D eigenvalue weighted by Gasteiger charge is 2.24. The molecule has 4 N–H and O–H groups in total. The summed E-state index contributed by atoms with van der Waals surface area (Å²) in [5.74, 6) is 0.0694. The fraction of sp³-hybridized carbons (Fsp3) is 0.600. The van der Waals surface area contributed by atoms with Crippen molar-refractivity contribution in [3.05, 3.63) is 11.3 Å². The molecule has 1 heterocycles. The van der Waals surface area contributed by atoms with Crippen LogP contribution in [-0.2, 0) is 7.05 Å². The van der Waals surface area contributed by atoms with Gasteiger partial charge in [0.2, 0.25) is 0 Å². The first-order chi connectivity index (χ1) is 8.92. The van der Waals surface area contributed by atoms with Crippen molar-refractivity contribution < 1.29 is 19.1 Å². The van der Waals surface area contributed by atoms with Gasteiger partial charge in [-0.05, 0) is 6.92 Å². The molecule has 7 nitrogen and oxygen atoms in total. The van der Waals surface area contributed by atoms with Crippen LogP contribution >= 0.6 is 0 Å². The summed E-state index contributed by atoms with van der Waals surface area (Å²) in [4.78, 5) is 1.25. The molecule has 0 saturated carbocycles. The largest absolute Gasteiger partial charge is 0.409 e. The van der Waals surface area contributed by atoms with Crippen molar-refractivity contribution in [2.24, 2.45) is 17.9 Å². The number of aliphatic hydroxyl groups excluding tert-OH is 1. The lowest BCUT2D eigenvalue weighted by Gasteiger charge is -2.24. The molecule has 0 saturated heterocycles. The number of amidine groups is 1. The molecule has 0 amide bonds. The number of rotatable bonds is 6. The fourth-order valence-corrected chi connectivity index (χ4v) is 1.93. The van der Waals surface area contributed by atoms with Crippen LogP contribution in [0.2, 0.25) is 0 Å². The molecule has 0 atom stereocenters. The lowest BCUT2D eigenvalue weighted by Crippen LogP contribution is -2.34. The lowest BCUT2D eigenvalue weighted by atomic mass is 10.2. The standard InChI is InChI=1S/C10H17F2N5O2/c1-6-8(9(13)15-19)10(16(2)14-6)17(3-4-18)5-7(11)12/h7,18-19H,3-5H2,1-2H3,(H2,13,15). The summed E-state index contributed by atoms with van der Waals surface area (Å²) in [5, 5.41) is 24.7. The smallest absolute Gasteiger partial charge is 0.255 e. The molecule has 0 aliphatic rings. The minimum absolute atomic E-state index is 0.00494. The average molecular weight is 277 g/mol. The Morgan fingerprint density at radius 3 is 2.68 bits per heavy atom. The van der Waals surface area contributed by atoms with Crippen LogP contribution in [0.5, 0.6) is 0 Å². The van der Waals surface area contributed by atoms with Crippen LogP contribution in [0.3, 0.4) is 0 Å². The first kappa shape index (κ1) is 15.2. The van der Waals surface area contributed by atoms with Gasteiger partial charge in [0.15, 0.2) is 5.84 Å². The molecule has 0 aliphatic carbocycles. The monoisotopic (exact) mass is 277 g/mol. The molecular weight excluding hydrogens is 260 g/mol. The zero-order valence-electron chi connectivity index (χ0n) is 10.7. The molecule has 1 aromatic heterocycles. The van der Waals surface area contributed by atoms with Gasteiger partial charge in [0, 0.05) is 13.6 Å². The molecule has 0 fully saturated rings. The van der Waals surface area contributed by atoms with Gasteiger partial charge in [-0.3, -0.25) is 4.68 Å². The first-order valence-electron chi connectivity index (χ1n) is 5.57. The molecule has 9 heteroatoms. The average Bonchev–Trinajstić information content (AvgIpc) is 2.62. The van der Waals surface area contributed by atoms with E-state index in [-0.39, 0.29) is 30.4 Å². The number of nitrogens with two attached hydrogens (primary N) is 1. The predicted octanol–water partition coefficient (Wildman–Crippen LogP) is -0.113. The highest BCUT2D eigenvalue weighted by Crippen LogP contribution is 2.23. The third-order valence-corrected chi connectivity index (χ3v) is 2.58. The van der Waals surface area contributed by atoms with E-state index >= 15 is 0 Å². The quantitative estimate of drug-likeness (QED) is 0.291. The van der Waals surface area contributed by atoms with Gasteiger partial charge in [0.05, 0.1) is 24.4 Å². The van der Waals surface area contributed by atoms with Gasteiger partial charge >= 0.3 is 0 Å². The number of nitrogens with zero attached hydrogens (tertiary/aromatic N) is 4. The van der Waals surface area contributed by atoms with Crippen molar-refractivity contribution >= 4 is 11.7 Å². The number of alkyl halides is 2. The number of aryl methyl sites for hydroxylation is 2. The van der Waals surface area contributed by atoms with Crippen LogP contribution in [0.15, 0.2) is 5.16 Å². The molecule has 0 aliphatic heterocycles. The summed E-state index contributed by atoms with van der Waals surface area (Å²) < 4.78 is 26.5. The van der Waals surface area contributed by atoms with Crippen LogP contribution in [0, 0.1) is 6.92 Å². The van der Waals surface area contributed by atoms with E-state index in [9.17, 15) is 8.78 Å². The van der Waals surface area contributed by atoms with Crippen molar-refractivity contribution in [2.45, 2.75) is 13.3 Å². The first-order valence-corrected chi connectivity index (χ1v) is 5.57. The van der Waals surface area contributed by atoms with E-state index in [0.717, 1.165) is 0 Å². The van der Waals surface area contributed by atoms with Crippen molar-refractivity contribution in [3.63, 3.8) is 0 Å². The minimum Gasteiger partial charge on any atom is -0.409 e. The Labute approximate surface area is 108 Å². The van der Waals surface area contributed by atoms with Gasteiger partial charge in [0.25, 0.3) is 6.43 Å². The Balaban J connectivity index is 3.28. The van der Waals surface area contributed by atoms with Crippen LogP contribution < -0.4 is 10.6 Å². The summed E-state index contributed by atoms with van der Waals surface area (Å²) >= 11 is 0. The van der Waals surface area contributed by atoms with E-state index < -0.39 is 13.0 Å². The van der Waals surface area contributed by atoms with Crippen molar-refractivity contribution in [1.82, 2.24) is 9.78 Å². The Hall–Kier alpha value is -1.90. The second-order valence-corrected chi connectivity index (χ2v) is 3.95. The Morgan fingerprint density at radius 1 is 1.58 bits per heavy atom. The molecule has 108 valence electrons. The highest BCUT2D eigenvalue weighted by molar-refractivity contribution is 6.02. The number of aromatic nitrogens is 2. The molecule has 0 spiro atoms. The van der Waals surface area contributed by atoms with Crippen LogP contribution in [-0.4, -0.2) is 52.1 Å². The maximum absolute atomic E-state index is 12.6. The maximum atomic E-state index is 12.6. The topological polar surface area (TPSA) is 99.9 Å². The Kier molecular flexibility index (Phi) is 5.04. The molecule has 0 bridgehead atoms. The number of aliphatic hydroxyl groups is 1. The fourth-order valence-electron chi connectivity index (χ4n) is 1.93. The molecule has 19 heavy (non-hydrogen) atoms. The summed E-state index contributed by atoms with van der Waals surface area (Å²) in [6.07, 6.45) is -2.58. The van der Waals surface area contributed by atoms with Crippen molar-refractivity contribution in [1.29, 1.82) is 0 Å². The number of oxime groups is 1. The molecule has 0 aromatic carbocycles. The van der Waals surface area contributed by atoms with E-state index in [2.05, 4.69) is 10.3 Å². The van der Waals surface area contributed by atoms with Crippen molar-refractivity contribution in [3.8, 4) is 0 Å². The van der Waals surface area contributed by atoms with Gasteiger partial charge in [-0.15, -0.1) is 0 Å². The van der Waals surface area contributed by atoms with Gasteiger partial charge in [-0.2, -0.15) is 5.10 Å². The SMILES string of the molecule is Cc1nn(C)c(N(CCO)CC(F)F)c1C(N)=NO. The molecule has 0 radical (unpaired) electrons. The second kappa shape index (κ2) is 6.32. The zero-order valence-corrected chi connectivity index (χ0v) is 10.7. The van der Waals surface area contributed by atoms with Crippen LogP contribution in [0.4, 0.5) is 14.6 Å². The molecular formula is C10H17F2N5O2. The number of anilines is 1. The third-order valence-electron chi connectivity index (χ3n) is 2.58. The Morgan fingerprint density at radius 2 is 2.21 bits per heavy atom. The van der Waals surface area contributed by atoms with E-state index in [1.54, 1.807) is 14.0 Å². The molecule has 1 aromatic rings. The predicted molar refractivity (Wildman–Crippen MR) is 65.8 cm³/mol. The van der Waals surface area contributed by atoms with E-state index in [0.29, 0.717) is 5.69 Å². The van der Waals surface area contributed by atoms with E-state index in [1.807, 2.05) is 0 Å². The van der Waals surface area contributed by atoms with Crippen LogP contribution in [0.25, 0.3) is 0 Å². The summed E-state index contributed by atoms with van der Waals surface area (Å²) in [5.41, 5.74) is 6.27. The van der Waals surface area contributed by atoms with E-state index in [1.165, 1.54) is 9.58 Å².